The first kappa shape index (κ1) is 15.0. The number of aromatic amines is 1. The second-order valence-corrected chi connectivity index (χ2v) is 6.97. The molecule has 0 radical (unpaired) electrons. The van der Waals surface area contributed by atoms with Crippen molar-refractivity contribution in [1.29, 1.82) is 0 Å². The summed E-state index contributed by atoms with van der Waals surface area (Å²) in [4.78, 5) is 11.9. The van der Waals surface area contributed by atoms with Crippen molar-refractivity contribution in [2.45, 2.75) is 25.3 Å². The summed E-state index contributed by atoms with van der Waals surface area (Å²) in [5.74, 6) is 0.728. The molecule has 1 aliphatic carbocycles. The maximum Gasteiger partial charge on any atom is 0.242 e. The minimum Gasteiger partial charge on any atom is -0.366 e. The lowest BCUT2D eigenvalue weighted by atomic mass is 9.91. The van der Waals surface area contributed by atoms with E-state index in [1.54, 1.807) is 10.7 Å². The molecule has 0 bridgehead atoms. The fourth-order valence-electron chi connectivity index (χ4n) is 3.60. The molecule has 8 heteroatoms. The van der Waals surface area contributed by atoms with Crippen LogP contribution >= 0.6 is 23.2 Å². The van der Waals surface area contributed by atoms with E-state index in [2.05, 4.69) is 49.6 Å². The summed E-state index contributed by atoms with van der Waals surface area (Å²) in [5, 5.41) is 9.25. The molecule has 1 atom stereocenters. The van der Waals surface area contributed by atoms with Crippen molar-refractivity contribution in [2.24, 2.45) is 0 Å². The van der Waals surface area contributed by atoms with E-state index in [0.29, 0.717) is 11.7 Å². The highest BCUT2D eigenvalue weighted by Crippen LogP contribution is 2.30. The van der Waals surface area contributed by atoms with Crippen LogP contribution in [0, 0.1) is 0 Å². The predicted molar refractivity (Wildman–Crippen MR) is 98.5 cm³/mol. The Kier molecular flexibility index (Phi) is 3.36. The summed E-state index contributed by atoms with van der Waals surface area (Å²) in [7, 11) is 0. The third-order valence-corrected chi connectivity index (χ3v) is 5.11. The van der Waals surface area contributed by atoms with Crippen molar-refractivity contribution in [2.75, 3.05) is 5.32 Å². The Morgan fingerprint density at radius 1 is 1.20 bits per heavy atom. The van der Waals surface area contributed by atoms with Gasteiger partial charge in [-0.15, -0.1) is 5.10 Å². The van der Waals surface area contributed by atoms with Crippen LogP contribution < -0.4 is 5.32 Å². The number of hydrogen-bond acceptors (Lipinski definition) is 4. The molecule has 25 heavy (non-hydrogen) atoms. The van der Waals surface area contributed by atoms with Gasteiger partial charge in [0.15, 0.2) is 10.8 Å². The molecule has 2 N–H and O–H groups in total. The van der Waals surface area contributed by atoms with E-state index in [9.17, 15) is 0 Å². The zero-order valence-electron chi connectivity index (χ0n) is 13.1. The van der Waals surface area contributed by atoms with Crippen LogP contribution in [0.2, 0.25) is 10.4 Å². The lowest BCUT2D eigenvalue weighted by molar-refractivity contribution is 0.606. The number of nitrogens with one attached hydrogen (secondary N) is 2. The first-order valence-electron chi connectivity index (χ1n) is 8.11. The number of aryl methyl sites for hydroxylation is 1. The highest BCUT2D eigenvalue weighted by atomic mass is 35.5. The first-order valence-corrected chi connectivity index (χ1v) is 8.86. The molecule has 6 nitrogen and oxygen atoms in total. The summed E-state index contributed by atoms with van der Waals surface area (Å²) >= 11 is 11.9. The first-order chi connectivity index (χ1) is 12.2. The number of hydrogen-bond donors (Lipinski definition) is 2. The quantitative estimate of drug-likeness (QED) is 0.559. The van der Waals surface area contributed by atoms with Gasteiger partial charge in [-0.3, -0.25) is 0 Å². The average molecular weight is 373 g/mol. The van der Waals surface area contributed by atoms with Gasteiger partial charge in [0.2, 0.25) is 5.28 Å². The lowest BCUT2D eigenvalue weighted by Crippen LogP contribution is -2.27. The molecule has 0 saturated heterocycles. The number of benzene rings is 1. The van der Waals surface area contributed by atoms with Crippen molar-refractivity contribution in [3.8, 4) is 0 Å². The van der Waals surface area contributed by atoms with Crippen molar-refractivity contribution in [3.05, 3.63) is 52.2 Å². The molecule has 3 aromatic heterocycles. The minimum atomic E-state index is 0.0996. The number of anilines is 1. The lowest BCUT2D eigenvalue weighted by Gasteiger charge is -2.23. The van der Waals surface area contributed by atoms with Gasteiger partial charge in [-0.05, 0) is 42.5 Å². The molecule has 126 valence electrons. The zero-order chi connectivity index (χ0) is 17.0. The Morgan fingerprint density at radius 3 is 3.00 bits per heavy atom. The van der Waals surface area contributed by atoms with E-state index in [0.717, 1.165) is 25.1 Å². The molecule has 1 aliphatic rings. The summed E-state index contributed by atoms with van der Waals surface area (Å²) in [6.07, 6.45) is 4.79. The standard InChI is InChI=1S/C17H14Cl2N6/c18-15-16-22-14(8-25(16)24-17(19)23-15)20-9-5-6-13-11(7-9)10-3-1-2-4-12(10)21-13/h1-4,8-9,20-21H,5-7H2/t9-/m1/s1. The van der Waals surface area contributed by atoms with Gasteiger partial charge in [0.1, 0.15) is 5.82 Å². The third kappa shape index (κ3) is 2.53. The number of aromatic nitrogens is 5. The van der Waals surface area contributed by atoms with E-state index in [1.165, 1.54) is 22.2 Å². The molecule has 0 saturated carbocycles. The van der Waals surface area contributed by atoms with Gasteiger partial charge in [-0.1, -0.05) is 29.8 Å². The van der Waals surface area contributed by atoms with Crippen LogP contribution in [0.5, 0.6) is 0 Å². The maximum absolute atomic E-state index is 6.09. The van der Waals surface area contributed by atoms with Crippen LogP contribution in [0.1, 0.15) is 17.7 Å². The molecule has 0 spiro atoms. The molecule has 1 aromatic carbocycles. The molecule has 3 heterocycles. The van der Waals surface area contributed by atoms with Crippen LogP contribution in [-0.4, -0.2) is 30.6 Å². The zero-order valence-corrected chi connectivity index (χ0v) is 14.6. The van der Waals surface area contributed by atoms with Crippen molar-refractivity contribution in [3.63, 3.8) is 0 Å². The van der Waals surface area contributed by atoms with E-state index < -0.39 is 0 Å². The number of halogens is 2. The number of nitrogens with zero attached hydrogens (tertiary/aromatic N) is 4. The van der Waals surface area contributed by atoms with Gasteiger partial charge >= 0.3 is 0 Å². The number of para-hydroxylation sites is 1. The largest absolute Gasteiger partial charge is 0.366 e. The number of rotatable bonds is 2. The fourth-order valence-corrected chi connectivity index (χ4v) is 4.02. The number of imidazole rings is 1. The monoisotopic (exact) mass is 372 g/mol. The van der Waals surface area contributed by atoms with Gasteiger partial charge in [0.25, 0.3) is 0 Å². The van der Waals surface area contributed by atoms with E-state index >= 15 is 0 Å². The van der Waals surface area contributed by atoms with Crippen molar-refractivity contribution < 1.29 is 0 Å². The van der Waals surface area contributed by atoms with Crippen LogP contribution in [0.3, 0.4) is 0 Å². The van der Waals surface area contributed by atoms with E-state index in [-0.39, 0.29) is 10.4 Å². The Morgan fingerprint density at radius 2 is 2.08 bits per heavy atom. The second kappa shape index (κ2) is 5.61. The van der Waals surface area contributed by atoms with Crippen LogP contribution in [0.4, 0.5) is 5.82 Å². The normalized spacial score (nSPS) is 17.1. The minimum absolute atomic E-state index is 0.0996. The van der Waals surface area contributed by atoms with E-state index in [1.807, 2.05) is 0 Å². The maximum atomic E-state index is 6.09. The molecular formula is C17H14Cl2N6. The van der Waals surface area contributed by atoms with Crippen molar-refractivity contribution >= 4 is 45.6 Å². The van der Waals surface area contributed by atoms with Crippen LogP contribution in [-0.2, 0) is 12.8 Å². The second-order valence-electron chi connectivity index (χ2n) is 6.28. The Hall–Kier alpha value is -2.31. The molecule has 0 fully saturated rings. The highest BCUT2D eigenvalue weighted by molar-refractivity contribution is 6.33. The fraction of sp³-hybridized carbons (Fsp3) is 0.235. The van der Waals surface area contributed by atoms with Gasteiger partial charge in [0, 0.05) is 22.6 Å². The summed E-state index contributed by atoms with van der Waals surface area (Å²) in [6, 6.07) is 8.75. The summed E-state index contributed by atoms with van der Waals surface area (Å²) < 4.78 is 1.56. The number of fused-ring (bicyclic) bond motifs is 4. The Balaban J connectivity index is 1.45. The summed E-state index contributed by atoms with van der Waals surface area (Å²) in [5.41, 5.74) is 4.44. The molecule has 0 unspecified atom stereocenters. The molecule has 0 amide bonds. The predicted octanol–water partition coefficient (Wildman–Crippen LogP) is 3.88. The average Bonchev–Trinajstić information content (AvgIpc) is 3.16. The molecule has 4 aromatic rings. The van der Waals surface area contributed by atoms with Crippen LogP contribution in [0.25, 0.3) is 16.6 Å². The third-order valence-electron chi connectivity index (χ3n) is 4.70. The van der Waals surface area contributed by atoms with Crippen LogP contribution in [0.15, 0.2) is 30.5 Å². The van der Waals surface area contributed by atoms with Gasteiger partial charge < -0.3 is 10.3 Å². The Labute approximate surface area is 153 Å². The van der Waals surface area contributed by atoms with Gasteiger partial charge in [0.05, 0.1) is 6.20 Å². The smallest absolute Gasteiger partial charge is 0.242 e. The SMILES string of the molecule is Clc1nc(Cl)c2nc(N[C@@H]3CCc4[nH]c5ccccc5c4C3)cn2n1. The Bertz CT molecular complexity index is 1100. The van der Waals surface area contributed by atoms with Crippen molar-refractivity contribution in [1.82, 2.24) is 24.6 Å². The van der Waals surface area contributed by atoms with E-state index in [4.69, 9.17) is 23.2 Å². The topological polar surface area (TPSA) is 70.9 Å². The van der Waals surface area contributed by atoms with Gasteiger partial charge in [-0.2, -0.15) is 0 Å². The number of H-pyrrole nitrogens is 1. The molecule has 0 aliphatic heterocycles. The molecule has 5 rings (SSSR count). The molecular weight excluding hydrogens is 359 g/mol. The highest BCUT2D eigenvalue weighted by Gasteiger charge is 2.23. The van der Waals surface area contributed by atoms with Gasteiger partial charge in [-0.25, -0.2) is 14.5 Å². The summed E-state index contributed by atoms with van der Waals surface area (Å²) in [6.45, 7) is 0.